The summed E-state index contributed by atoms with van der Waals surface area (Å²) in [6.45, 7) is 6.82. The van der Waals surface area contributed by atoms with Crippen LogP contribution >= 0.6 is 0 Å². The highest BCUT2D eigenvalue weighted by Gasteiger charge is 2.13. The lowest BCUT2D eigenvalue weighted by molar-refractivity contribution is -0.111. The van der Waals surface area contributed by atoms with E-state index in [9.17, 15) is 4.79 Å². The maximum absolute atomic E-state index is 12.1. The van der Waals surface area contributed by atoms with E-state index in [4.69, 9.17) is 4.74 Å². The Morgan fingerprint density at radius 1 is 1.04 bits per heavy atom. The van der Waals surface area contributed by atoms with Crippen molar-refractivity contribution in [1.29, 1.82) is 0 Å². The van der Waals surface area contributed by atoms with Gasteiger partial charge < -0.3 is 19.9 Å². The summed E-state index contributed by atoms with van der Waals surface area (Å²) in [6, 6.07) is 15.7. The van der Waals surface area contributed by atoms with Crippen LogP contribution in [0, 0.1) is 0 Å². The topological polar surface area (TPSA) is 44.8 Å². The second-order valence-electron chi connectivity index (χ2n) is 6.66. The molecule has 3 rings (SSSR count). The second kappa shape index (κ2) is 9.24. The van der Waals surface area contributed by atoms with Crippen molar-refractivity contribution in [2.45, 2.75) is 6.92 Å². The molecule has 1 amide bonds. The Morgan fingerprint density at radius 2 is 1.70 bits per heavy atom. The maximum atomic E-state index is 12.1. The Bertz CT molecular complexity index is 761. The van der Waals surface area contributed by atoms with Crippen molar-refractivity contribution in [2.75, 3.05) is 50.1 Å². The quantitative estimate of drug-likeness (QED) is 0.796. The molecule has 0 radical (unpaired) electrons. The van der Waals surface area contributed by atoms with Gasteiger partial charge in [-0.05, 0) is 62.0 Å². The Hall–Kier alpha value is -2.79. The Labute approximate surface area is 161 Å². The average molecular weight is 365 g/mol. The third-order valence-corrected chi connectivity index (χ3v) is 4.62. The van der Waals surface area contributed by atoms with E-state index in [2.05, 4.69) is 34.3 Å². The molecule has 2 aromatic carbocycles. The molecule has 1 aliphatic rings. The molecule has 0 atom stereocenters. The monoisotopic (exact) mass is 365 g/mol. The third kappa shape index (κ3) is 5.59. The van der Waals surface area contributed by atoms with Crippen molar-refractivity contribution in [3.05, 3.63) is 60.2 Å². The molecule has 0 saturated carbocycles. The molecular weight excluding hydrogens is 338 g/mol. The number of rotatable bonds is 6. The van der Waals surface area contributed by atoms with E-state index in [0.717, 1.165) is 43.2 Å². The van der Waals surface area contributed by atoms with Crippen LogP contribution in [0.25, 0.3) is 6.08 Å². The summed E-state index contributed by atoms with van der Waals surface area (Å²) in [5, 5.41) is 2.90. The molecule has 142 valence electrons. The number of hydrogen-bond acceptors (Lipinski definition) is 4. The summed E-state index contributed by atoms with van der Waals surface area (Å²) >= 11 is 0. The molecule has 0 aliphatic carbocycles. The zero-order valence-electron chi connectivity index (χ0n) is 16.0. The Balaban J connectivity index is 1.53. The van der Waals surface area contributed by atoms with E-state index >= 15 is 0 Å². The number of anilines is 2. The summed E-state index contributed by atoms with van der Waals surface area (Å²) in [6.07, 6.45) is 3.34. The van der Waals surface area contributed by atoms with E-state index in [-0.39, 0.29) is 5.91 Å². The van der Waals surface area contributed by atoms with Crippen LogP contribution in [0.5, 0.6) is 5.75 Å². The summed E-state index contributed by atoms with van der Waals surface area (Å²) in [4.78, 5) is 16.8. The van der Waals surface area contributed by atoms with Gasteiger partial charge in [-0.15, -0.1) is 0 Å². The van der Waals surface area contributed by atoms with Crippen LogP contribution < -0.4 is 15.0 Å². The first-order valence-electron chi connectivity index (χ1n) is 9.39. The first-order chi connectivity index (χ1) is 13.1. The number of amides is 1. The third-order valence-electron chi connectivity index (χ3n) is 4.62. The van der Waals surface area contributed by atoms with Crippen LogP contribution in [-0.2, 0) is 4.79 Å². The lowest BCUT2D eigenvalue weighted by Crippen LogP contribution is -2.44. The van der Waals surface area contributed by atoms with Gasteiger partial charge in [0.15, 0.2) is 0 Å². The van der Waals surface area contributed by atoms with Gasteiger partial charge in [0.1, 0.15) is 5.75 Å². The normalized spacial score (nSPS) is 15.1. The van der Waals surface area contributed by atoms with Gasteiger partial charge in [0.2, 0.25) is 5.91 Å². The fourth-order valence-electron chi connectivity index (χ4n) is 3.02. The SMILES string of the molecule is CCOc1ccc(/C=C/C(=O)Nc2ccc(N3CCN(C)CC3)cc2)cc1. The first kappa shape index (κ1) is 19.0. The van der Waals surface area contributed by atoms with Gasteiger partial charge >= 0.3 is 0 Å². The highest BCUT2D eigenvalue weighted by molar-refractivity contribution is 6.02. The standard InChI is InChI=1S/C22H27N3O2/c1-3-27-21-11-4-18(5-12-21)6-13-22(26)23-19-7-9-20(10-8-19)25-16-14-24(2)15-17-25/h4-13H,3,14-17H2,1-2H3,(H,23,26)/b13-6+. The number of hydrogen-bond donors (Lipinski definition) is 1. The molecule has 1 heterocycles. The van der Waals surface area contributed by atoms with Gasteiger partial charge in [0, 0.05) is 43.6 Å². The number of nitrogens with zero attached hydrogens (tertiary/aromatic N) is 2. The number of likely N-dealkylation sites (N-methyl/N-ethyl adjacent to an activating group) is 1. The van der Waals surface area contributed by atoms with Gasteiger partial charge in [-0.25, -0.2) is 0 Å². The predicted molar refractivity (Wildman–Crippen MR) is 111 cm³/mol. The van der Waals surface area contributed by atoms with Crippen molar-refractivity contribution in [1.82, 2.24) is 4.90 Å². The Kier molecular flexibility index (Phi) is 6.49. The molecule has 1 saturated heterocycles. The highest BCUT2D eigenvalue weighted by Crippen LogP contribution is 2.19. The molecule has 0 aromatic heterocycles. The number of nitrogens with one attached hydrogen (secondary N) is 1. The molecular formula is C22H27N3O2. The molecule has 1 aliphatic heterocycles. The number of carbonyl (C=O) groups excluding carboxylic acids is 1. The van der Waals surface area contributed by atoms with Crippen LogP contribution in [0.1, 0.15) is 12.5 Å². The summed E-state index contributed by atoms with van der Waals surface area (Å²) in [5.74, 6) is 0.691. The van der Waals surface area contributed by atoms with Crippen molar-refractivity contribution in [3.8, 4) is 5.75 Å². The molecule has 0 unspecified atom stereocenters. The first-order valence-corrected chi connectivity index (χ1v) is 9.39. The van der Waals surface area contributed by atoms with Crippen molar-refractivity contribution < 1.29 is 9.53 Å². The minimum Gasteiger partial charge on any atom is -0.494 e. The van der Waals surface area contributed by atoms with E-state index in [0.29, 0.717) is 6.61 Å². The van der Waals surface area contributed by atoms with Crippen LogP contribution in [-0.4, -0.2) is 50.6 Å². The predicted octanol–water partition coefficient (Wildman–Crippen LogP) is 3.49. The van der Waals surface area contributed by atoms with E-state index in [1.165, 1.54) is 5.69 Å². The van der Waals surface area contributed by atoms with Crippen LogP contribution in [0.3, 0.4) is 0 Å². The minimum absolute atomic E-state index is 0.142. The zero-order chi connectivity index (χ0) is 19.1. The molecule has 0 bridgehead atoms. The summed E-state index contributed by atoms with van der Waals surface area (Å²) < 4.78 is 5.41. The summed E-state index contributed by atoms with van der Waals surface area (Å²) in [7, 11) is 2.15. The van der Waals surface area contributed by atoms with Gasteiger partial charge in [-0.3, -0.25) is 4.79 Å². The Morgan fingerprint density at radius 3 is 2.33 bits per heavy atom. The molecule has 1 N–H and O–H groups in total. The minimum atomic E-state index is -0.142. The van der Waals surface area contributed by atoms with Crippen LogP contribution in [0.15, 0.2) is 54.6 Å². The van der Waals surface area contributed by atoms with Crippen molar-refractivity contribution in [3.63, 3.8) is 0 Å². The second-order valence-corrected chi connectivity index (χ2v) is 6.66. The van der Waals surface area contributed by atoms with E-state index < -0.39 is 0 Å². The lowest BCUT2D eigenvalue weighted by atomic mass is 10.2. The molecule has 0 spiro atoms. The van der Waals surface area contributed by atoms with Gasteiger partial charge in [0.05, 0.1) is 6.61 Å². The van der Waals surface area contributed by atoms with E-state index in [1.54, 1.807) is 12.2 Å². The highest BCUT2D eigenvalue weighted by atomic mass is 16.5. The number of piperazine rings is 1. The largest absolute Gasteiger partial charge is 0.494 e. The number of carbonyl (C=O) groups is 1. The average Bonchev–Trinajstić information content (AvgIpc) is 2.69. The van der Waals surface area contributed by atoms with Crippen LogP contribution in [0.2, 0.25) is 0 Å². The smallest absolute Gasteiger partial charge is 0.248 e. The van der Waals surface area contributed by atoms with Gasteiger partial charge in [0.25, 0.3) is 0 Å². The number of ether oxygens (including phenoxy) is 1. The molecule has 2 aromatic rings. The fourth-order valence-corrected chi connectivity index (χ4v) is 3.02. The molecule has 27 heavy (non-hydrogen) atoms. The zero-order valence-corrected chi connectivity index (χ0v) is 16.0. The lowest BCUT2D eigenvalue weighted by Gasteiger charge is -2.34. The van der Waals surface area contributed by atoms with Crippen molar-refractivity contribution >= 4 is 23.4 Å². The molecule has 1 fully saturated rings. The fraction of sp³-hybridized carbons (Fsp3) is 0.318. The molecule has 5 heteroatoms. The van der Waals surface area contributed by atoms with E-state index in [1.807, 2.05) is 43.3 Å². The van der Waals surface area contributed by atoms with Crippen LogP contribution in [0.4, 0.5) is 11.4 Å². The van der Waals surface area contributed by atoms with Gasteiger partial charge in [-0.1, -0.05) is 12.1 Å². The summed E-state index contributed by atoms with van der Waals surface area (Å²) in [5.41, 5.74) is 2.96. The maximum Gasteiger partial charge on any atom is 0.248 e. The van der Waals surface area contributed by atoms with Crippen molar-refractivity contribution in [2.24, 2.45) is 0 Å². The van der Waals surface area contributed by atoms with Gasteiger partial charge in [-0.2, -0.15) is 0 Å². The molecule has 5 nitrogen and oxygen atoms in total. The number of benzene rings is 2.